The van der Waals surface area contributed by atoms with E-state index in [0.717, 1.165) is 64.2 Å². The molecule has 1 unspecified atom stereocenters. The van der Waals surface area contributed by atoms with Crippen LogP contribution in [0.3, 0.4) is 0 Å². The van der Waals surface area contributed by atoms with E-state index in [9.17, 15) is 14.4 Å². The maximum Gasteiger partial charge on any atom is 0.306 e. The lowest BCUT2D eigenvalue weighted by Crippen LogP contribution is -2.30. The number of carbonyl (C=O) groups is 3. The molecule has 0 radical (unpaired) electrons. The van der Waals surface area contributed by atoms with Crippen molar-refractivity contribution >= 4 is 17.9 Å². The molecular weight excluding hydrogens is 829 g/mol. The second-order valence-electron chi connectivity index (χ2n) is 20.3. The van der Waals surface area contributed by atoms with Crippen molar-refractivity contribution in [2.24, 2.45) is 0 Å². The first-order chi connectivity index (χ1) is 33.0. The van der Waals surface area contributed by atoms with Gasteiger partial charge in [0, 0.05) is 19.3 Å². The number of allylic oxidation sites excluding steroid dienone is 4. The number of esters is 3. The molecule has 0 heterocycles. The van der Waals surface area contributed by atoms with Crippen molar-refractivity contribution in [1.82, 2.24) is 0 Å². The average molecular weight is 944 g/mol. The zero-order chi connectivity index (χ0) is 48.6. The molecular formula is C61H114O6. The van der Waals surface area contributed by atoms with Crippen LogP contribution in [0.25, 0.3) is 0 Å². The third-order valence-corrected chi connectivity index (χ3v) is 13.5. The molecule has 6 heteroatoms. The van der Waals surface area contributed by atoms with Gasteiger partial charge in [0.25, 0.3) is 0 Å². The Morgan fingerprint density at radius 1 is 0.299 bits per heavy atom. The van der Waals surface area contributed by atoms with E-state index in [-0.39, 0.29) is 31.1 Å². The highest BCUT2D eigenvalue weighted by Crippen LogP contribution is 2.17. The van der Waals surface area contributed by atoms with Crippen LogP contribution in [0, 0.1) is 0 Å². The second-order valence-corrected chi connectivity index (χ2v) is 20.3. The molecule has 0 saturated heterocycles. The fraction of sp³-hybridized carbons (Fsp3) is 0.885. The summed E-state index contributed by atoms with van der Waals surface area (Å²) in [5.74, 6) is -0.863. The third kappa shape index (κ3) is 54.7. The van der Waals surface area contributed by atoms with E-state index in [4.69, 9.17) is 14.2 Å². The van der Waals surface area contributed by atoms with Gasteiger partial charge in [-0.2, -0.15) is 0 Å². The van der Waals surface area contributed by atoms with E-state index in [2.05, 4.69) is 45.1 Å². The molecule has 0 amide bonds. The van der Waals surface area contributed by atoms with Crippen LogP contribution in [0.1, 0.15) is 329 Å². The minimum Gasteiger partial charge on any atom is -0.462 e. The number of unbranched alkanes of at least 4 members (excludes halogenated alkanes) is 40. The van der Waals surface area contributed by atoms with Gasteiger partial charge in [-0.25, -0.2) is 0 Å². The molecule has 0 saturated carbocycles. The molecule has 0 fully saturated rings. The smallest absolute Gasteiger partial charge is 0.306 e. The van der Waals surface area contributed by atoms with Gasteiger partial charge in [0.1, 0.15) is 13.2 Å². The van der Waals surface area contributed by atoms with Crippen LogP contribution in [0.4, 0.5) is 0 Å². The highest BCUT2D eigenvalue weighted by molar-refractivity contribution is 5.71. The number of ether oxygens (including phenoxy) is 3. The molecule has 0 aliphatic carbocycles. The van der Waals surface area contributed by atoms with Gasteiger partial charge in [-0.05, 0) is 51.4 Å². The largest absolute Gasteiger partial charge is 0.462 e. The Morgan fingerprint density at radius 2 is 0.537 bits per heavy atom. The fourth-order valence-electron chi connectivity index (χ4n) is 8.95. The SMILES string of the molecule is CCCCC/C=C\C/C=C\CCCCCCCCCCCC(=O)OC(COC(=O)CCCCCCCC)COC(=O)CCCCCCCCCCCCCCCCCCCCCCCCCC. The topological polar surface area (TPSA) is 78.9 Å². The lowest BCUT2D eigenvalue weighted by Gasteiger charge is -2.18. The molecule has 0 aliphatic rings. The third-order valence-electron chi connectivity index (χ3n) is 13.5. The predicted octanol–water partition coefficient (Wildman–Crippen LogP) is 19.9. The van der Waals surface area contributed by atoms with Crippen molar-refractivity contribution in [1.29, 1.82) is 0 Å². The van der Waals surface area contributed by atoms with E-state index in [1.54, 1.807) is 0 Å². The number of carbonyl (C=O) groups excluding carboxylic acids is 3. The van der Waals surface area contributed by atoms with Crippen molar-refractivity contribution in [2.45, 2.75) is 335 Å². The van der Waals surface area contributed by atoms with Crippen molar-refractivity contribution in [3.05, 3.63) is 24.3 Å². The average Bonchev–Trinajstić information content (AvgIpc) is 3.33. The van der Waals surface area contributed by atoms with Crippen LogP contribution in [-0.2, 0) is 28.6 Å². The summed E-state index contributed by atoms with van der Waals surface area (Å²) in [6.07, 6.45) is 66.4. The van der Waals surface area contributed by atoms with Gasteiger partial charge in [-0.3, -0.25) is 14.4 Å². The summed E-state index contributed by atoms with van der Waals surface area (Å²) in [5.41, 5.74) is 0. The Morgan fingerprint density at radius 3 is 0.851 bits per heavy atom. The highest BCUT2D eigenvalue weighted by Gasteiger charge is 2.19. The van der Waals surface area contributed by atoms with Crippen molar-refractivity contribution in [3.63, 3.8) is 0 Å². The lowest BCUT2D eigenvalue weighted by atomic mass is 10.0. The summed E-state index contributed by atoms with van der Waals surface area (Å²) in [5, 5.41) is 0. The molecule has 0 aromatic rings. The second kappa shape index (κ2) is 56.5. The van der Waals surface area contributed by atoms with E-state index in [1.165, 1.54) is 225 Å². The molecule has 0 aromatic heterocycles. The molecule has 0 aliphatic heterocycles. The molecule has 0 N–H and O–H groups in total. The van der Waals surface area contributed by atoms with Gasteiger partial charge in [0.05, 0.1) is 0 Å². The first-order valence-corrected chi connectivity index (χ1v) is 29.8. The van der Waals surface area contributed by atoms with E-state index >= 15 is 0 Å². The first-order valence-electron chi connectivity index (χ1n) is 29.8. The summed E-state index contributed by atoms with van der Waals surface area (Å²) in [4.78, 5) is 37.9. The Hall–Kier alpha value is -2.11. The van der Waals surface area contributed by atoms with E-state index < -0.39 is 6.10 Å². The van der Waals surface area contributed by atoms with Crippen LogP contribution >= 0.6 is 0 Å². The van der Waals surface area contributed by atoms with E-state index in [1.807, 2.05) is 0 Å². The standard InChI is InChI=1S/C61H114O6/c1-4-7-10-13-16-18-20-22-24-26-28-29-30-31-32-34-35-37-39-41-43-45-48-51-54-60(63)66-57-58(56-65-59(62)53-50-47-15-12-9-6-3)67-61(64)55-52-49-46-44-42-40-38-36-33-27-25-23-21-19-17-14-11-8-5-2/h17,19,23,25,58H,4-16,18,20-22,24,26-57H2,1-3H3/b19-17-,25-23-. The van der Waals surface area contributed by atoms with Crippen LogP contribution in [0.2, 0.25) is 0 Å². The summed E-state index contributed by atoms with van der Waals surface area (Å²) < 4.78 is 16.8. The first kappa shape index (κ1) is 64.9. The number of hydrogen-bond acceptors (Lipinski definition) is 6. The molecule has 0 rings (SSSR count). The van der Waals surface area contributed by atoms with E-state index in [0.29, 0.717) is 19.3 Å². The van der Waals surface area contributed by atoms with Crippen molar-refractivity contribution < 1.29 is 28.6 Å². The van der Waals surface area contributed by atoms with Gasteiger partial charge in [0.15, 0.2) is 6.10 Å². The molecule has 394 valence electrons. The van der Waals surface area contributed by atoms with Crippen LogP contribution in [0.5, 0.6) is 0 Å². The molecule has 67 heavy (non-hydrogen) atoms. The molecule has 0 spiro atoms. The summed E-state index contributed by atoms with van der Waals surface area (Å²) in [6.45, 7) is 6.60. The summed E-state index contributed by atoms with van der Waals surface area (Å²) in [7, 11) is 0. The number of rotatable bonds is 55. The van der Waals surface area contributed by atoms with Gasteiger partial charge < -0.3 is 14.2 Å². The van der Waals surface area contributed by atoms with Gasteiger partial charge >= 0.3 is 17.9 Å². The summed E-state index contributed by atoms with van der Waals surface area (Å²) >= 11 is 0. The Kier molecular flexibility index (Phi) is 54.7. The van der Waals surface area contributed by atoms with Crippen molar-refractivity contribution in [3.8, 4) is 0 Å². The Labute approximate surface area is 417 Å². The molecule has 1 atom stereocenters. The highest BCUT2D eigenvalue weighted by atomic mass is 16.6. The quantitative estimate of drug-likeness (QED) is 0.0262. The lowest BCUT2D eigenvalue weighted by molar-refractivity contribution is -0.167. The molecule has 0 aromatic carbocycles. The van der Waals surface area contributed by atoms with Gasteiger partial charge in [-0.15, -0.1) is 0 Å². The normalized spacial score (nSPS) is 12.1. The Bertz CT molecular complexity index is 1080. The van der Waals surface area contributed by atoms with Crippen LogP contribution < -0.4 is 0 Å². The van der Waals surface area contributed by atoms with Crippen LogP contribution in [0.15, 0.2) is 24.3 Å². The maximum atomic E-state index is 12.8. The van der Waals surface area contributed by atoms with Gasteiger partial charge in [-0.1, -0.05) is 283 Å². The maximum absolute atomic E-state index is 12.8. The fourth-order valence-corrected chi connectivity index (χ4v) is 8.95. The minimum atomic E-state index is -0.767. The predicted molar refractivity (Wildman–Crippen MR) is 289 cm³/mol. The van der Waals surface area contributed by atoms with Crippen LogP contribution in [-0.4, -0.2) is 37.2 Å². The monoisotopic (exact) mass is 943 g/mol. The molecule has 6 nitrogen and oxygen atoms in total. The Balaban J connectivity index is 4.06. The van der Waals surface area contributed by atoms with Crippen molar-refractivity contribution in [2.75, 3.05) is 13.2 Å². The number of hydrogen-bond donors (Lipinski definition) is 0. The zero-order valence-electron chi connectivity index (χ0n) is 45.2. The summed E-state index contributed by atoms with van der Waals surface area (Å²) in [6, 6.07) is 0. The minimum absolute atomic E-state index is 0.0684. The molecule has 0 bridgehead atoms. The van der Waals surface area contributed by atoms with Gasteiger partial charge in [0.2, 0.25) is 0 Å². The zero-order valence-corrected chi connectivity index (χ0v) is 45.2.